The molecule has 1 aromatic heterocycles. The van der Waals surface area contributed by atoms with Crippen molar-refractivity contribution < 1.29 is 4.39 Å². The molecule has 0 aliphatic rings. The first-order valence-electron chi connectivity index (χ1n) is 6.97. The maximum atomic E-state index is 13.7. The topological polar surface area (TPSA) is 49.3 Å². The largest absolute Gasteiger partial charge is 0.356 e. The number of rotatable bonds is 5. The van der Waals surface area contributed by atoms with E-state index < -0.39 is 0 Å². The van der Waals surface area contributed by atoms with E-state index in [9.17, 15) is 4.39 Å². The first-order chi connectivity index (χ1) is 10.7. The minimum absolute atomic E-state index is 0.236. The molecular weight excluding hydrogens is 347 g/mol. The smallest absolute Gasteiger partial charge is 0.191 e. The molecule has 116 valence electrons. The van der Waals surface area contributed by atoms with Gasteiger partial charge in [0.05, 0.1) is 0 Å². The van der Waals surface area contributed by atoms with E-state index in [1.165, 1.54) is 6.07 Å². The van der Waals surface area contributed by atoms with E-state index in [1.807, 2.05) is 18.2 Å². The lowest BCUT2D eigenvalue weighted by Gasteiger charge is -2.12. The fourth-order valence-electron chi connectivity index (χ4n) is 1.93. The number of hydrogen-bond donors (Lipinski definition) is 2. The van der Waals surface area contributed by atoms with Crippen molar-refractivity contribution in [3.05, 3.63) is 64.1 Å². The minimum atomic E-state index is -0.236. The van der Waals surface area contributed by atoms with Crippen LogP contribution in [0.4, 0.5) is 4.39 Å². The van der Waals surface area contributed by atoms with Gasteiger partial charge in [0.1, 0.15) is 5.82 Å². The lowest BCUT2D eigenvalue weighted by atomic mass is 10.2. The quantitative estimate of drug-likeness (QED) is 0.633. The van der Waals surface area contributed by atoms with Crippen molar-refractivity contribution in [2.75, 3.05) is 13.6 Å². The number of aromatic nitrogens is 1. The highest BCUT2D eigenvalue weighted by Gasteiger charge is 2.04. The Kier molecular flexibility index (Phi) is 6.33. The van der Waals surface area contributed by atoms with Crippen molar-refractivity contribution >= 4 is 21.9 Å². The maximum Gasteiger partial charge on any atom is 0.191 e. The molecule has 0 saturated carbocycles. The highest BCUT2D eigenvalue weighted by Crippen LogP contribution is 2.15. The first-order valence-corrected chi connectivity index (χ1v) is 7.76. The van der Waals surface area contributed by atoms with Gasteiger partial charge in [-0.2, -0.15) is 0 Å². The molecule has 22 heavy (non-hydrogen) atoms. The van der Waals surface area contributed by atoms with Crippen molar-refractivity contribution in [2.45, 2.75) is 13.0 Å². The Labute approximate surface area is 138 Å². The molecule has 0 spiro atoms. The third-order valence-electron chi connectivity index (χ3n) is 3.08. The Balaban J connectivity index is 1.81. The molecule has 0 aliphatic heterocycles. The van der Waals surface area contributed by atoms with Crippen LogP contribution in [0.15, 0.2) is 52.1 Å². The number of hydrogen-bond acceptors (Lipinski definition) is 2. The van der Waals surface area contributed by atoms with Gasteiger partial charge in [0.15, 0.2) is 5.96 Å². The van der Waals surface area contributed by atoms with Crippen LogP contribution in [-0.4, -0.2) is 24.5 Å². The summed E-state index contributed by atoms with van der Waals surface area (Å²) in [5.41, 5.74) is 1.60. The maximum absolute atomic E-state index is 13.7. The van der Waals surface area contributed by atoms with Crippen LogP contribution in [0.5, 0.6) is 0 Å². The number of aliphatic imine (C=N–C) groups is 1. The summed E-state index contributed by atoms with van der Waals surface area (Å²) in [6.45, 7) is 1.08. The molecule has 2 rings (SSSR count). The van der Waals surface area contributed by atoms with Gasteiger partial charge in [-0.25, -0.2) is 4.39 Å². The average Bonchev–Trinajstić information content (AvgIpc) is 2.54. The normalized spacial score (nSPS) is 11.3. The monoisotopic (exact) mass is 364 g/mol. The molecule has 0 saturated heterocycles. The van der Waals surface area contributed by atoms with E-state index in [1.54, 1.807) is 25.4 Å². The summed E-state index contributed by atoms with van der Waals surface area (Å²) in [5.74, 6) is 0.398. The number of halogens is 2. The number of benzene rings is 1. The number of nitrogens with one attached hydrogen (secondary N) is 2. The molecule has 0 amide bonds. The molecule has 2 N–H and O–H groups in total. The molecule has 0 fully saturated rings. The predicted molar refractivity (Wildman–Crippen MR) is 90.2 cm³/mol. The zero-order valence-electron chi connectivity index (χ0n) is 12.3. The lowest BCUT2D eigenvalue weighted by Crippen LogP contribution is -2.38. The second kappa shape index (κ2) is 8.48. The number of nitrogens with zero attached hydrogens (tertiary/aromatic N) is 2. The highest BCUT2D eigenvalue weighted by molar-refractivity contribution is 9.10. The van der Waals surface area contributed by atoms with Gasteiger partial charge in [0.25, 0.3) is 0 Å². The Morgan fingerprint density at radius 2 is 2.14 bits per heavy atom. The van der Waals surface area contributed by atoms with Crippen LogP contribution in [0.3, 0.4) is 0 Å². The van der Waals surface area contributed by atoms with Crippen LogP contribution in [0.25, 0.3) is 0 Å². The summed E-state index contributed by atoms with van der Waals surface area (Å²) >= 11 is 3.34. The second-order valence-electron chi connectivity index (χ2n) is 4.66. The van der Waals surface area contributed by atoms with Crippen molar-refractivity contribution in [2.24, 2.45) is 4.99 Å². The fraction of sp³-hybridized carbons (Fsp3) is 0.250. The standard InChI is InChI=1S/C16H18BrFN4/c1-19-16(21-9-7-14-4-2-3-8-20-14)22-11-12-10-13(17)5-6-15(12)18/h2-6,8,10H,7,9,11H2,1H3,(H2,19,21,22). The molecular formula is C16H18BrFN4. The van der Waals surface area contributed by atoms with Crippen molar-refractivity contribution in [1.82, 2.24) is 15.6 Å². The molecule has 0 unspecified atom stereocenters. The summed E-state index contributed by atoms with van der Waals surface area (Å²) in [6.07, 6.45) is 2.57. The highest BCUT2D eigenvalue weighted by atomic mass is 79.9. The molecule has 0 aliphatic carbocycles. The number of guanidine groups is 1. The zero-order valence-corrected chi connectivity index (χ0v) is 13.9. The third-order valence-corrected chi connectivity index (χ3v) is 3.57. The van der Waals surface area contributed by atoms with Gasteiger partial charge in [0.2, 0.25) is 0 Å². The minimum Gasteiger partial charge on any atom is -0.356 e. The first kappa shape index (κ1) is 16.4. The summed E-state index contributed by atoms with van der Waals surface area (Å²) in [5, 5.41) is 6.28. The number of pyridine rings is 1. The van der Waals surface area contributed by atoms with Crippen LogP contribution in [-0.2, 0) is 13.0 Å². The Hall–Kier alpha value is -1.95. The van der Waals surface area contributed by atoms with Gasteiger partial charge in [-0.3, -0.25) is 9.98 Å². The van der Waals surface area contributed by atoms with Gasteiger partial charge in [-0.05, 0) is 30.3 Å². The average molecular weight is 365 g/mol. The van der Waals surface area contributed by atoms with E-state index >= 15 is 0 Å². The van der Waals surface area contributed by atoms with Crippen molar-refractivity contribution in [3.63, 3.8) is 0 Å². The molecule has 0 bridgehead atoms. The van der Waals surface area contributed by atoms with Gasteiger partial charge in [0, 0.05) is 48.5 Å². The van der Waals surface area contributed by atoms with Crippen molar-refractivity contribution in [1.29, 1.82) is 0 Å². The Morgan fingerprint density at radius 1 is 1.27 bits per heavy atom. The summed E-state index contributed by atoms with van der Waals surface area (Å²) in [4.78, 5) is 8.39. The lowest BCUT2D eigenvalue weighted by molar-refractivity contribution is 0.604. The predicted octanol–water partition coefficient (Wildman–Crippen LogP) is 2.89. The van der Waals surface area contributed by atoms with Crippen LogP contribution in [0.2, 0.25) is 0 Å². The summed E-state index contributed by atoms with van der Waals surface area (Å²) in [7, 11) is 1.69. The Bertz CT molecular complexity index is 631. The van der Waals surface area contributed by atoms with Crippen LogP contribution >= 0.6 is 15.9 Å². The Morgan fingerprint density at radius 3 is 2.86 bits per heavy atom. The van der Waals surface area contributed by atoms with E-state index in [-0.39, 0.29) is 5.82 Å². The van der Waals surface area contributed by atoms with Gasteiger partial charge >= 0.3 is 0 Å². The molecule has 1 aromatic carbocycles. The molecule has 1 heterocycles. The zero-order chi connectivity index (χ0) is 15.8. The molecule has 0 radical (unpaired) electrons. The van der Waals surface area contributed by atoms with Crippen LogP contribution < -0.4 is 10.6 Å². The summed E-state index contributed by atoms with van der Waals surface area (Å²) < 4.78 is 14.5. The van der Waals surface area contributed by atoms with Gasteiger partial charge in [-0.15, -0.1) is 0 Å². The second-order valence-corrected chi connectivity index (χ2v) is 5.58. The SMILES string of the molecule is CN=C(NCCc1ccccn1)NCc1cc(Br)ccc1F. The molecule has 2 aromatic rings. The third kappa shape index (κ3) is 5.11. The van der Waals surface area contributed by atoms with Crippen molar-refractivity contribution in [3.8, 4) is 0 Å². The molecule has 0 atom stereocenters. The van der Waals surface area contributed by atoms with Crippen LogP contribution in [0.1, 0.15) is 11.3 Å². The molecule has 4 nitrogen and oxygen atoms in total. The van der Waals surface area contributed by atoms with E-state index in [0.717, 1.165) is 16.6 Å². The van der Waals surface area contributed by atoms with Gasteiger partial charge < -0.3 is 10.6 Å². The van der Waals surface area contributed by atoms with Gasteiger partial charge in [-0.1, -0.05) is 22.0 Å². The summed E-state index contributed by atoms with van der Waals surface area (Å²) in [6, 6.07) is 10.7. The fourth-order valence-corrected chi connectivity index (χ4v) is 2.34. The molecule has 6 heteroatoms. The van der Waals surface area contributed by atoms with E-state index in [2.05, 4.69) is 36.5 Å². The van der Waals surface area contributed by atoms with Crippen LogP contribution in [0, 0.1) is 5.82 Å². The van der Waals surface area contributed by atoms with E-state index in [0.29, 0.717) is 24.6 Å². The van der Waals surface area contributed by atoms with E-state index in [4.69, 9.17) is 0 Å².